The first-order chi connectivity index (χ1) is 11.9. The molecule has 1 saturated heterocycles. The van der Waals surface area contributed by atoms with Crippen molar-refractivity contribution < 1.29 is 13.6 Å². The molecule has 8 heteroatoms. The van der Waals surface area contributed by atoms with Gasteiger partial charge in [0.05, 0.1) is 18.5 Å². The number of rotatable bonds is 2. The number of alkyl halides is 2. The molecule has 0 aliphatic carbocycles. The maximum absolute atomic E-state index is 13.1. The number of halogens is 2. The van der Waals surface area contributed by atoms with Gasteiger partial charge in [0.15, 0.2) is 11.5 Å². The molecular formula is C17H15F2N5O. The van der Waals surface area contributed by atoms with Crippen LogP contribution in [0.25, 0.3) is 11.0 Å². The van der Waals surface area contributed by atoms with Gasteiger partial charge >= 0.3 is 0 Å². The summed E-state index contributed by atoms with van der Waals surface area (Å²) in [6.07, 6.45) is 0. The lowest BCUT2D eigenvalue weighted by Gasteiger charge is -2.39. The summed E-state index contributed by atoms with van der Waals surface area (Å²) in [6, 6.07) is 10.4. The van der Waals surface area contributed by atoms with Gasteiger partial charge in [0.25, 0.3) is 11.8 Å². The number of nitrogen functional groups attached to an aromatic ring is 1. The van der Waals surface area contributed by atoms with E-state index in [4.69, 9.17) is 5.73 Å². The van der Waals surface area contributed by atoms with Gasteiger partial charge in [0, 0.05) is 5.56 Å². The van der Waals surface area contributed by atoms with Gasteiger partial charge < -0.3 is 10.6 Å². The topological polar surface area (TPSA) is 77.0 Å². The lowest BCUT2D eigenvalue weighted by Crippen LogP contribution is -2.56. The van der Waals surface area contributed by atoms with Crippen LogP contribution in [0, 0.1) is 6.92 Å². The standard InChI is InChI=1S/C17H15F2N5O/c1-10-4-2-3-5-11(10)16(25)24-15-12(14(20)22-24)6-7-13(21-15)23-8-17(18,19)9-23/h2-7H,8-9H2,1H3,(H2,20,22). The molecule has 3 aromatic rings. The Hall–Kier alpha value is -3.03. The third-order valence-electron chi connectivity index (χ3n) is 4.28. The van der Waals surface area contributed by atoms with Crippen LogP contribution >= 0.6 is 0 Å². The smallest absolute Gasteiger partial charge is 0.282 e. The van der Waals surface area contributed by atoms with Gasteiger partial charge in [-0.3, -0.25) is 4.79 Å². The number of nitrogens with zero attached hydrogens (tertiary/aromatic N) is 4. The normalized spacial score (nSPS) is 16.0. The molecule has 1 aliphatic heterocycles. The van der Waals surface area contributed by atoms with E-state index in [1.54, 1.807) is 24.3 Å². The Morgan fingerprint density at radius 3 is 2.60 bits per heavy atom. The number of fused-ring (bicyclic) bond motifs is 1. The lowest BCUT2D eigenvalue weighted by atomic mass is 10.1. The maximum Gasteiger partial charge on any atom is 0.282 e. The first-order valence-corrected chi connectivity index (χ1v) is 7.74. The van der Waals surface area contributed by atoms with E-state index in [1.165, 1.54) is 4.90 Å². The number of pyridine rings is 1. The summed E-state index contributed by atoms with van der Waals surface area (Å²) in [5.74, 6) is -2.52. The summed E-state index contributed by atoms with van der Waals surface area (Å²) >= 11 is 0. The van der Waals surface area contributed by atoms with Crippen LogP contribution in [0.2, 0.25) is 0 Å². The number of aromatic nitrogens is 3. The van der Waals surface area contributed by atoms with Gasteiger partial charge in [-0.15, -0.1) is 5.10 Å². The van der Waals surface area contributed by atoms with E-state index in [-0.39, 0.29) is 30.5 Å². The summed E-state index contributed by atoms with van der Waals surface area (Å²) in [7, 11) is 0. The minimum Gasteiger partial charge on any atom is -0.382 e. The van der Waals surface area contributed by atoms with Crippen LogP contribution in [0.5, 0.6) is 0 Å². The van der Waals surface area contributed by atoms with Gasteiger partial charge in [-0.25, -0.2) is 13.8 Å². The number of aryl methyl sites for hydroxylation is 1. The molecule has 0 saturated carbocycles. The van der Waals surface area contributed by atoms with Crippen molar-refractivity contribution in [3.63, 3.8) is 0 Å². The summed E-state index contributed by atoms with van der Waals surface area (Å²) in [6.45, 7) is 1.05. The molecule has 0 amide bonds. The van der Waals surface area contributed by atoms with Crippen molar-refractivity contribution in [3.8, 4) is 0 Å². The highest BCUT2D eigenvalue weighted by molar-refractivity contribution is 6.03. The van der Waals surface area contributed by atoms with E-state index in [1.807, 2.05) is 19.1 Å². The van der Waals surface area contributed by atoms with E-state index in [0.29, 0.717) is 16.8 Å². The highest BCUT2D eigenvalue weighted by atomic mass is 19.3. The van der Waals surface area contributed by atoms with Crippen LogP contribution < -0.4 is 10.6 Å². The van der Waals surface area contributed by atoms with Gasteiger partial charge in [0.2, 0.25) is 0 Å². The van der Waals surface area contributed by atoms with Gasteiger partial charge in [-0.05, 0) is 30.7 Å². The number of hydrogen-bond acceptors (Lipinski definition) is 5. The average molecular weight is 343 g/mol. The van der Waals surface area contributed by atoms with Crippen molar-refractivity contribution in [2.75, 3.05) is 23.7 Å². The van der Waals surface area contributed by atoms with E-state index in [9.17, 15) is 13.6 Å². The number of nitrogens with two attached hydrogens (primary N) is 1. The first kappa shape index (κ1) is 15.5. The summed E-state index contributed by atoms with van der Waals surface area (Å²) in [4.78, 5) is 18.6. The molecule has 0 unspecified atom stereocenters. The quantitative estimate of drug-likeness (QED) is 0.773. The predicted octanol–water partition coefficient (Wildman–Crippen LogP) is 2.47. The minimum atomic E-state index is -2.70. The second kappa shape index (κ2) is 5.23. The van der Waals surface area contributed by atoms with Crippen LogP contribution in [0.3, 0.4) is 0 Å². The molecule has 1 aromatic carbocycles. The van der Waals surface area contributed by atoms with Crippen LogP contribution in [-0.2, 0) is 0 Å². The Labute approximate surface area is 141 Å². The molecule has 1 fully saturated rings. The van der Waals surface area contributed by atoms with Crippen molar-refractivity contribution in [1.82, 2.24) is 14.8 Å². The SMILES string of the molecule is Cc1ccccc1C(=O)n1nc(N)c2ccc(N3CC(F)(F)C3)nc21. The molecule has 0 radical (unpaired) electrons. The monoisotopic (exact) mass is 343 g/mol. The summed E-state index contributed by atoms with van der Waals surface area (Å²) in [5, 5.41) is 4.61. The zero-order valence-electron chi connectivity index (χ0n) is 13.4. The third-order valence-corrected chi connectivity index (χ3v) is 4.28. The average Bonchev–Trinajstić information content (AvgIpc) is 2.89. The molecule has 2 N–H and O–H groups in total. The van der Waals surface area contributed by atoms with Crippen molar-refractivity contribution in [2.24, 2.45) is 0 Å². The molecule has 0 atom stereocenters. The second-order valence-corrected chi connectivity index (χ2v) is 6.17. The van der Waals surface area contributed by atoms with Crippen molar-refractivity contribution in [1.29, 1.82) is 0 Å². The Balaban J connectivity index is 1.79. The Bertz CT molecular complexity index is 990. The molecule has 6 nitrogen and oxygen atoms in total. The van der Waals surface area contributed by atoms with Gasteiger partial charge in [0.1, 0.15) is 5.82 Å². The Morgan fingerprint density at radius 1 is 1.20 bits per heavy atom. The number of carbonyl (C=O) groups is 1. The fourth-order valence-corrected chi connectivity index (χ4v) is 2.93. The van der Waals surface area contributed by atoms with Crippen LogP contribution in [0.1, 0.15) is 15.9 Å². The summed E-state index contributed by atoms with van der Waals surface area (Å²) < 4.78 is 27.3. The molecule has 25 heavy (non-hydrogen) atoms. The number of benzene rings is 1. The van der Waals surface area contributed by atoms with Crippen molar-refractivity contribution in [3.05, 3.63) is 47.5 Å². The highest BCUT2D eigenvalue weighted by Gasteiger charge is 2.44. The molecular weight excluding hydrogens is 328 g/mol. The summed E-state index contributed by atoms with van der Waals surface area (Å²) in [5.41, 5.74) is 7.43. The van der Waals surface area contributed by atoms with Crippen molar-refractivity contribution in [2.45, 2.75) is 12.8 Å². The van der Waals surface area contributed by atoms with Gasteiger partial charge in [-0.2, -0.15) is 4.68 Å². The molecule has 2 aromatic heterocycles. The fourth-order valence-electron chi connectivity index (χ4n) is 2.93. The second-order valence-electron chi connectivity index (χ2n) is 6.17. The fraction of sp³-hybridized carbons (Fsp3) is 0.235. The van der Waals surface area contributed by atoms with Crippen LogP contribution in [-0.4, -0.2) is 39.7 Å². The molecule has 0 spiro atoms. The number of hydrogen-bond donors (Lipinski definition) is 1. The predicted molar refractivity (Wildman–Crippen MR) is 90.0 cm³/mol. The van der Waals surface area contributed by atoms with Crippen molar-refractivity contribution >= 4 is 28.6 Å². The molecule has 4 rings (SSSR count). The van der Waals surface area contributed by atoms with E-state index in [0.717, 1.165) is 10.2 Å². The molecule has 128 valence electrons. The molecule has 3 heterocycles. The van der Waals surface area contributed by atoms with E-state index in [2.05, 4.69) is 10.1 Å². The van der Waals surface area contributed by atoms with Crippen LogP contribution in [0.15, 0.2) is 36.4 Å². The first-order valence-electron chi connectivity index (χ1n) is 7.74. The minimum absolute atomic E-state index is 0.171. The van der Waals surface area contributed by atoms with Gasteiger partial charge in [-0.1, -0.05) is 18.2 Å². The lowest BCUT2D eigenvalue weighted by molar-refractivity contribution is -0.0266. The zero-order chi connectivity index (χ0) is 17.8. The molecule has 1 aliphatic rings. The Morgan fingerprint density at radius 2 is 1.92 bits per heavy atom. The largest absolute Gasteiger partial charge is 0.382 e. The number of carbonyl (C=O) groups excluding carboxylic acids is 1. The zero-order valence-corrected chi connectivity index (χ0v) is 13.4. The molecule has 0 bridgehead atoms. The van der Waals surface area contributed by atoms with Crippen LogP contribution in [0.4, 0.5) is 20.4 Å². The third kappa shape index (κ3) is 2.50. The Kier molecular flexibility index (Phi) is 3.24. The number of anilines is 2. The highest BCUT2D eigenvalue weighted by Crippen LogP contribution is 2.32. The maximum atomic E-state index is 13.1. The van der Waals surface area contributed by atoms with E-state index >= 15 is 0 Å². The van der Waals surface area contributed by atoms with E-state index < -0.39 is 5.92 Å².